The van der Waals surface area contributed by atoms with E-state index >= 15 is 0 Å². The van der Waals surface area contributed by atoms with E-state index in [1.807, 2.05) is 0 Å². The molecule has 0 aromatic heterocycles. The molecular formula is C32H74F2N2O. The molecule has 37 heavy (non-hydrogen) atoms. The van der Waals surface area contributed by atoms with Crippen molar-refractivity contribution in [3.8, 4) is 0 Å². The molecule has 0 aliphatic rings. The summed E-state index contributed by atoms with van der Waals surface area (Å²) in [5.41, 5.74) is 0. The average molecular weight is 541 g/mol. The Labute approximate surface area is 234 Å². The predicted octanol–water partition coefficient (Wildman–Crippen LogP) is 3.19. The second kappa shape index (κ2) is 33.8. The molecule has 0 aliphatic carbocycles. The summed E-state index contributed by atoms with van der Waals surface area (Å²) in [4.78, 5) is 0. The van der Waals surface area contributed by atoms with Gasteiger partial charge < -0.3 is 23.9 Å². The summed E-state index contributed by atoms with van der Waals surface area (Å²) in [7, 11) is 0. The number of nitrogens with zero attached hydrogens (tertiary/aromatic N) is 2. The van der Waals surface area contributed by atoms with Crippen LogP contribution in [0.5, 0.6) is 0 Å². The van der Waals surface area contributed by atoms with Gasteiger partial charge in [-0.15, -0.1) is 0 Å². The first-order valence-corrected chi connectivity index (χ1v) is 16.2. The third-order valence-corrected chi connectivity index (χ3v) is 7.89. The molecule has 0 saturated carbocycles. The van der Waals surface area contributed by atoms with Crippen LogP contribution in [0.3, 0.4) is 0 Å². The zero-order chi connectivity index (χ0) is 26.0. The summed E-state index contributed by atoms with van der Waals surface area (Å²) in [5.74, 6) is 0. The molecule has 0 bridgehead atoms. The third-order valence-electron chi connectivity index (χ3n) is 7.89. The van der Waals surface area contributed by atoms with Gasteiger partial charge in [0.05, 0.1) is 52.4 Å². The van der Waals surface area contributed by atoms with E-state index in [4.69, 9.17) is 0 Å². The zero-order valence-corrected chi connectivity index (χ0v) is 27.1. The second-order valence-corrected chi connectivity index (χ2v) is 11.3. The van der Waals surface area contributed by atoms with Gasteiger partial charge in [-0.3, -0.25) is 0 Å². The fourth-order valence-corrected chi connectivity index (χ4v) is 5.29. The van der Waals surface area contributed by atoms with Crippen molar-refractivity contribution < 1.29 is 23.9 Å². The van der Waals surface area contributed by atoms with E-state index in [0.29, 0.717) is 0 Å². The zero-order valence-electron chi connectivity index (χ0n) is 27.1. The van der Waals surface area contributed by atoms with Gasteiger partial charge >= 0.3 is 0 Å². The molecule has 5 heteroatoms. The van der Waals surface area contributed by atoms with Gasteiger partial charge in [-0.05, 0) is 51.4 Å². The summed E-state index contributed by atoms with van der Waals surface area (Å²) >= 11 is 0. The average Bonchev–Trinajstić information content (AvgIpc) is 2.87. The number of unbranched alkanes of at least 4 members (excludes halogenated alkanes) is 8. The minimum absolute atomic E-state index is 0. The maximum atomic E-state index is 2.33. The lowest BCUT2D eigenvalue weighted by Crippen LogP contribution is -3.00. The SMILES string of the molecule is CCCC[N+](CCCC)(CCCC)CCCC.CCCC[N+](CCCC)(CCCC)CCCC.O.[F-].[F-]. The number of quaternary nitrogens is 2. The van der Waals surface area contributed by atoms with E-state index < -0.39 is 0 Å². The monoisotopic (exact) mass is 541 g/mol. The maximum absolute atomic E-state index is 2.33. The lowest BCUT2D eigenvalue weighted by molar-refractivity contribution is -0.929. The third kappa shape index (κ3) is 25.8. The van der Waals surface area contributed by atoms with Gasteiger partial charge in [0.2, 0.25) is 0 Å². The van der Waals surface area contributed by atoms with Gasteiger partial charge in [0.15, 0.2) is 0 Å². The highest BCUT2D eigenvalue weighted by atomic mass is 19.0. The first-order valence-electron chi connectivity index (χ1n) is 16.2. The quantitative estimate of drug-likeness (QED) is 0.169. The first-order chi connectivity index (χ1) is 16.5. The first kappa shape index (κ1) is 46.6. The number of halogens is 2. The standard InChI is InChI=1S/2C16H36N.2FH.H2O/c2*1-5-9-13-17(14-10-6-2,15-11-7-3)16-12-8-4;;;/h2*5-16H2,1-4H3;2*1H;1H2/q2*+1;;;/p-2. The van der Waals surface area contributed by atoms with Crippen LogP contribution in [0.4, 0.5) is 0 Å². The Morgan fingerprint density at radius 2 is 0.378 bits per heavy atom. The molecule has 2 N–H and O–H groups in total. The molecule has 0 heterocycles. The van der Waals surface area contributed by atoms with Crippen LogP contribution in [-0.4, -0.2) is 66.8 Å². The van der Waals surface area contributed by atoms with Crippen LogP contribution in [-0.2, 0) is 0 Å². The van der Waals surface area contributed by atoms with E-state index in [1.165, 1.54) is 164 Å². The topological polar surface area (TPSA) is 31.5 Å². The van der Waals surface area contributed by atoms with Gasteiger partial charge in [0, 0.05) is 0 Å². The summed E-state index contributed by atoms with van der Waals surface area (Å²) < 4.78 is 2.84. The highest BCUT2D eigenvalue weighted by Gasteiger charge is 2.25. The van der Waals surface area contributed by atoms with Crippen molar-refractivity contribution in [3.05, 3.63) is 0 Å². The molecule has 232 valence electrons. The summed E-state index contributed by atoms with van der Waals surface area (Å²) in [6.07, 6.45) is 22.1. The molecule has 0 radical (unpaired) electrons. The van der Waals surface area contributed by atoms with Crippen molar-refractivity contribution in [1.82, 2.24) is 0 Å². The van der Waals surface area contributed by atoms with Gasteiger partial charge in [-0.1, -0.05) is 107 Å². The van der Waals surface area contributed by atoms with E-state index in [2.05, 4.69) is 55.4 Å². The Morgan fingerprint density at radius 3 is 0.459 bits per heavy atom. The van der Waals surface area contributed by atoms with Crippen molar-refractivity contribution in [2.24, 2.45) is 0 Å². The van der Waals surface area contributed by atoms with E-state index in [9.17, 15) is 0 Å². The van der Waals surface area contributed by atoms with Crippen molar-refractivity contribution in [2.45, 2.75) is 158 Å². The summed E-state index contributed by atoms with van der Waals surface area (Å²) in [6.45, 7) is 30.0. The maximum Gasteiger partial charge on any atom is 0.0786 e. The minimum Gasteiger partial charge on any atom is -1.00 e. The molecule has 0 aliphatic heterocycles. The summed E-state index contributed by atoms with van der Waals surface area (Å²) in [6, 6.07) is 0. The Kier molecular flexibility index (Phi) is 42.5. The van der Waals surface area contributed by atoms with Gasteiger partial charge in [0.1, 0.15) is 0 Å². The molecule has 0 aromatic rings. The van der Waals surface area contributed by atoms with E-state index in [1.54, 1.807) is 0 Å². The molecule has 0 spiro atoms. The Morgan fingerprint density at radius 1 is 0.270 bits per heavy atom. The second-order valence-electron chi connectivity index (χ2n) is 11.3. The lowest BCUT2D eigenvalue weighted by Gasteiger charge is -2.39. The van der Waals surface area contributed by atoms with Crippen LogP contribution >= 0.6 is 0 Å². The number of hydrogen-bond acceptors (Lipinski definition) is 0. The Bertz CT molecular complexity index is 286. The van der Waals surface area contributed by atoms with Gasteiger partial charge in [-0.2, -0.15) is 0 Å². The lowest BCUT2D eigenvalue weighted by atomic mass is 10.1. The molecular weight excluding hydrogens is 466 g/mol. The van der Waals surface area contributed by atoms with Crippen LogP contribution < -0.4 is 9.41 Å². The number of hydrogen-bond donors (Lipinski definition) is 0. The largest absolute Gasteiger partial charge is 1.00 e. The van der Waals surface area contributed by atoms with Gasteiger partial charge in [0.25, 0.3) is 0 Å². The van der Waals surface area contributed by atoms with Gasteiger partial charge in [-0.25, -0.2) is 0 Å². The van der Waals surface area contributed by atoms with Crippen molar-refractivity contribution in [1.29, 1.82) is 0 Å². The highest BCUT2D eigenvalue weighted by molar-refractivity contribution is 4.50. The fraction of sp³-hybridized carbons (Fsp3) is 1.00. The van der Waals surface area contributed by atoms with Crippen LogP contribution in [0.2, 0.25) is 0 Å². The van der Waals surface area contributed by atoms with Crippen molar-refractivity contribution in [2.75, 3.05) is 52.4 Å². The molecule has 3 nitrogen and oxygen atoms in total. The fourth-order valence-electron chi connectivity index (χ4n) is 5.29. The molecule has 0 fully saturated rings. The van der Waals surface area contributed by atoms with Crippen molar-refractivity contribution in [3.63, 3.8) is 0 Å². The van der Waals surface area contributed by atoms with Crippen LogP contribution in [0.1, 0.15) is 158 Å². The van der Waals surface area contributed by atoms with Crippen LogP contribution in [0.25, 0.3) is 0 Å². The van der Waals surface area contributed by atoms with E-state index in [0.717, 1.165) is 0 Å². The van der Waals surface area contributed by atoms with Crippen LogP contribution in [0.15, 0.2) is 0 Å². The van der Waals surface area contributed by atoms with E-state index in [-0.39, 0.29) is 14.9 Å². The Balaban J connectivity index is -0.000000171. The molecule has 0 atom stereocenters. The smallest absolute Gasteiger partial charge is 0.0786 e. The normalized spacial score (nSPS) is 11.0. The number of rotatable bonds is 24. The highest BCUT2D eigenvalue weighted by Crippen LogP contribution is 2.17. The van der Waals surface area contributed by atoms with Crippen molar-refractivity contribution >= 4 is 0 Å². The molecule has 0 saturated heterocycles. The molecule has 0 amide bonds. The summed E-state index contributed by atoms with van der Waals surface area (Å²) in [5, 5.41) is 0. The molecule has 0 aromatic carbocycles. The van der Waals surface area contributed by atoms with Crippen LogP contribution in [0, 0.1) is 0 Å². The molecule has 0 rings (SSSR count). The minimum atomic E-state index is 0. The predicted molar refractivity (Wildman–Crippen MR) is 162 cm³/mol. The molecule has 0 unspecified atom stereocenters. The Hall–Kier alpha value is -0.260.